The molecule has 7 heteroatoms. The van der Waals surface area contributed by atoms with E-state index in [2.05, 4.69) is 10.3 Å². The van der Waals surface area contributed by atoms with Crippen LogP contribution in [0.25, 0.3) is 0 Å². The Morgan fingerprint density at radius 3 is 2.20 bits per heavy atom. The van der Waals surface area contributed by atoms with E-state index in [9.17, 15) is 9.59 Å². The van der Waals surface area contributed by atoms with E-state index in [1.807, 2.05) is 0 Å². The van der Waals surface area contributed by atoms with Gasteiger partial charge in [0.05, 0.1) is 26.4 Å². The van der Waals surface area contributed by atoms with Crippen LogP contribution in [0.4, 0.5) is 5.69 Å². The summed E-state index contributed by atoms with van der Waals surface area (Å²) in [6.07, 6.45) is 0. The number of esters is 1. The van der Waals surface area contributed by atoms with Gasteiger partial charge in [-0.3, -0.25) is 4.79 Å². The van der Waals surface area contributed by atoms with Crippen LogP contribution in [0.15, 0.2) is 18.2 Å². The predicted octanol–water partition coefficient (Wildman–Crippen LogP) is 3.08. The van der Waals surface area contributed by atoms with Gasteiger partial charge in [-0.05, 0) is 26.3 Å². The molecule has 0 saturated carbocycles. The first kappa shape index (κ1) is 18.4. The number of aromatic amines is 1. The topological polar surface area (TPSA) is 89.7 Å². The summed E-state index contributed by atoms with van der Waals surface area (Å²) < 4.78 is 15.4. The van der Waals surface area contributed by atoms with Crippen molar-refractivity contribution in [3.05, 3.63) is 40.7 Å². The molecule has 1 aromatic heterocycles. The Balaban J connectivity index is 2.30. The monoisotopic (exact) mass is 346 g/mol. The summed E-state index contributed by atoms with van der Waals surface area (Å²) in [7, 11) is 3.06. The molecule has 25 heavy (non-hydrogen) atoms. The van der Waals surface area contributed by atoms with Crippen LogP contribution in [0.2, 0.25) is 0 Å². The summed E-state index contributed by atoms with van der Waals surface area (Å²) in [5.74, 6) is 0.296. The van der Waals surface area contributed by atoms with E-state index in [0.717, 1.165) is 0 Å². The number of amides is 1. The van der Waals surface area contributed by atoms with Gasteiger partial charge in [-0.2, -0.15) is 0 Å². The van der Waals surface area contributed by atoms with Crippen LogP contribution < -0.4 is 14.8 Å². The Morgan fingerprint density at radius 2 is 1.68 bits per heavy atom. The molecule has 0 atom stereocenters. The lowest BCUT2D eigenvalue weighted by Crippen LogP contribution is -2.14. The maximum absolute atomic E-state index is 12.6. The number of aryl methyl sites for hydroxylation is 1. The third kappa shape index (κ3) is 3.93. The average Bonchev–Trinajstić information content (AvgIpc) is 2.89. The fourth-order valence-electron chi connectivity index (χ4n) is 2.56. The number of anilines is 1. The van der Waals surface area contributed by atoms with E-state index >= 15 is 0 Å². The van der Waals surface area contributed by atoms with Crippen molar-refractivity contribution in [3.63, 3.8) is 0 Å². The number of carbonyl (C=O) groups is 2. The second-order valence-electron chi connectivity index (χ2n) is 5.40. The SMILES string of the molecule is CCOC(=O)c1c(C)[nH]c(C(=O)Nc2cc(OC)cc(OC)c2)c1C. The Labute approximate surface area is 146 Å². The summed E-state index contributed by atoms with van der Waals surface area (Å²) >= 11 is 0. The first-order valence-electron chi connectivity index (χ1n) is 7.81. The summed E-state index contributed by atoms with van der Waals surface area (Å²) in [5, 5.41) is 2.78. The fraction of sp³-hybridized carbons (Fsp3) is 0.333. The molecule has 2 rings (SSSR count). The van der Waals surface area contributed by atoms with E-state index in [0.29, 0.717) is 39.7 Å². The minimum Gasteiger partial charge on any atom is -0.497 e. The van der Waals surface area contributed by atoms with Crippen molar-refractivity contribution in [2.75, 3.05) is 26.1 Å². The average molecular weight is 346 g/mol. The van der Waals surface area contributed by atoms with Gasteiger partial charge in [0.1, 0.15) is 17.2 Å². The maximum atomic E-state index is 12.6. The zero-order valence-electron chi connectivity index (χ0n) is 15.0. The van der Waals surface area contributed by atoms with Crippen LogP contribution >= 0.6 is 0 Å². The van der Waals surface area contributed by atoms with Gasteiger partial charge in [-0.15, -0.1) is 0 Å². The molecule has 1 amide bonds. The number of benzene rings is 1. The summed E-state index contributed by atoms with van der Waals surface area (Å²) in [6, 6.07) is 5.06. The number of carbonyl (C=O) groups excluding carboxylic acids is 2. The normalized spacial score (nSPS) is 10.3. The van der Waals surface area contributed by atoms with Crippen LogP contribution in [0, 0.1) is 13.8 Å². The molecule has 7 nitrogen and oxygen atoms in total. The molecule has 0 aliphatic heterocycles. The highest BCUT2D eigenvalue weighted by Gasteiger charge is 2.23. The zero-order chi connectivity index (χ0) is 18.6. The molecule has 0 bridgehead atoms. The van der Waals surface area contributed by atoms with Crippen molar-refractivity contribution in [1.29, 1.82) is 0 Å². The molecule has 0 unspecified atom stereocenters. The molecule has 0 aliphatic carbocycles. The second-order valence-corrected chi connectivity index (χ2v) is 5.40. The van der Waals surface area contributed by atoms with Gasteiger partial charge >= 0.3 is 5.97 Å². The summed E-state index contributed by atoms with van der Waals surface area (Å²) in [6.45, 7) is 5.44. The Morgan fingerprint density at radius 1 is 1.08 bits per heavy atom. The lowest BCUT2D eigenvalue weighted by molar-refractivity contribution is 0.0525. The highest BCUT2D eigenvalue weighted by atomic mass is 16.5. The van der Waals surface area contributed by atoms with Gasteiger partial charge in [-0.1, -0.05) is 0 Å². The molecule has 0 radical (unpaired) electrons. The van der Waals surface area contributed by atoms with E-state index in [1.54, 1.807) is 39.0 Å². The number of rotatable bonds is 6. The number of hydrogen-bond acceptors (Lipinski definition) is 5. The van der Waals surface area contributed by atoms with Crippen molar-refractivity contribution in [2.45, 2.75) is 20.8 Å². The standard InChI is InChI=1S/C18H22N2O5/c1-6-25-18(22)15-10(2)16(19-11(15)3)17(21)20-12-7-13(23-4)9-14(8-12)24-5/h7-9,19H,6H2,1-5H3,(H,20,21). The van der Waals surface area contributed by atoms with E-state index in [1.165, 1.54) is 14.2 Å². The predicted molar refractivity (Wildman–Crippen MR) is 93.7 cm³/mol. The molecule has 1 aromatic carbocycles. The van der Waals surface area contributed by atoms with Crippen LogP contribution in [0.3, 0.4) is 0 Å². The van der Waals surface area contributed by atoms with Gasteiger partial charge in [0, 0.05) is 29.6 Å². The third-order valence-corrected chi connectivity index (χ3v) is 3.75. The second kappa shape index (κ2) is 7.74. The number of nitrogens with one attached hydrogen (secondary N) is 2. The van der Waals surface area contributed by atoms with Crippen molar-refractivity contribution in [1.82, 2.24) is 4.98 Å². The van der Waals surface area contributed by atoms with Crippen LogP contribution in [0.1, 0.15) is 39.0 Å². The highest BCUT2D eigenvalue weighted by molar-refractivity contribution is 6.07. The number of H-pyrrole nitrogens is 1. The molecular weight excluding hydrogens is 324 g/mol. The van der Waals surface area contributed by atoms with E-state index in [4.69, 9.17) is 14.2 Å². The lowest BCUT2D eigenvalue weighted by atomic mass is 10.1. The van der Waals surface area contributed by atoms with Crippen LogP contribution in [-0.2, 0) is 4.74 Å². The largest absolute Gasteiger partial charge is 0.497 e. The van der Waals surface area contributed by atoms with Crippen molar-refractivity contribution < 1.29 is 23.8 Å². The number of methoxy groups -OCH3 is 2. The van der Waals surface area contributed by atoms with Crippen LogP contribution in [-0.4, -0.2) is 37.7 Å². The molecule has 134 valence electrons. The minimum atomic E-state index is -0.448. The highest BCUT2D eigenvalue weighted by Crippen LogP contribution is 2.27. The van der Waals surface area contributed by atoms with E-state index in [-0.39, 0.29) is 12.5 Å². The van der Waals surface area contributed by atoms with Gasteiger partial charge in [0.25, 0.3) is 5.91 Å². The van der Waals surface area contributed by atoms with Crippen LogP contribution in [0.5, 0.6) is 11.5 Å². The zero-order valence-corrected chi connectivity index (χ0v) is 15.0. The molecule has 2 N–H and O–H groups in total. The number of aromatic nitrogens is 1. The minimum absolute atomic E-state index is 0.272. The summed E-state index contributed by atoms with van der Waals surface area (Å²) in [4.78, 5) is 27.6. The Hall–Kier alpha value is -2.96. The van der Waals surface area contributed by atoms with Gasteiger partial charge < -0.3 is 24.5 Å². The molecule has 0 saturated heterocycles. The quantitative estimate of drug-likeness (QED) is 0.785. The maximum Gasteiger partial charge on any atom is 0.340 e. The third-order valence-electron chi connectivity index (χ3n) is 3.75. The van der Waals surface area contributed by atoms with Crippen molar-refractivity contribution >= 4 is 17.6 Å². The smallest absolute Gasteiger partial charge is 0.340 e. The lowest BCUT2D eigenvalue weighted by Gasteiger charge is -2.10. The molecular formula is C18H22N2O5. The van der Waals surface area contributed by atoms with Crippen molar-refractivity contribution in [3.8, 4) is 11.5 Å². The van der Waals surface area contributed by atoms with Gasteiger partial charge in [0.15, 0.2) is 0 Å². The first-order chi connectivity index (χ1) is 11.9. The fourth-order valence-corrected chi connectivity index (χ4v) is 2.56. The molecule has 0 fully saturated rings. The molecule has 1 heterocycles. The Bertz CT molecular complexity index is 773. The van der Waals surface area contributed by atoms with Gasteiger partial charge in [0.2, 0.25) is 0 Å². The number of hydrogen-bond donors (Lipinski definition) is 2. The molecule has 0 spiro atoms. The molecule has 0 aliphatic rings. The number of ether oxygens (including phenoxy) is 3. The molecule has 2 aromatic rings. The first-order valence-corrected chi connectivity index (χ1v) is 7.81. The Kier molecular flexibility index (Phi) is 5.69. The summed E-state index contributed by atoms with van der Waals surface area (Å²) in [5.41, 5.74) is 2.34. The van der Waals surface area contributed by atoms with Gasteiger partial charge in [-0.25, -0.2) is 4.79 Å². The van der Waals surface area contributed by atoms with Crippen molar-refractivity contribution in [2.24, 2.45) is 0 Å². The van der Waals surface area contributed by atoms with E-state index < -0.39 is 5.97 Å².